The standard InChI is InChI=1S/C13H12BrN5/c1-3-9-8(2)6-11-17-13(18-19(11)12(9)14)10-7-15-4-5-16-10/h4-7H,3H2,1-2H3. The van der Waals surface area contributed by atoms with E-state index in [9.17, 15) is 0 Å². The van der Waals surface area contributed by atoms with Crippen LogP contribution in [-0.4, -0.2) is 24.6 Å². The van der Waals surface area contributed by atoms with Gasteiger partial charge in [0.2, 0.25) is 5.82 Å². The molecule has 0 aliphatic rings. The predicted octanol–water partition coefficient (Wildman–Crippen LogP) is 2.82. The summed E-state index contributed by atoms with van der Waals surface area (Å²) in [5.41, 5.74) is 3.93. The molecule has 0 aromatic carbocycles. The lowest BCUT2D eigenvalue weighted by Crippen LogP contribution is -1.98. The second-order valence-corrected chi connectivity index (χ2v) is 5.00. The Kier molecular flexibility index (Phi) is 3.02. The van der Waals surface area contributed by atoms with E-state index in [1.165, 1.54) is 11.1 Å². The zero-order valence-corrected chi connectivity index (χ0v) is 12.2. The van der Waals surface area contributed by atoms with Gasteiger partial charge < -0.3 is 0 Å². The van der Waals surface area contributed by atoms with Gasteiger partial charge in [0.05, 0.1) is 6.20 Å². The fourth-order valence-electron chi connectivity index (χ4n) is 2.08. The number of rotatable bonds is 2. The fraction of sp³-hybridized carbons (Fsp3) is 0.231. The van der Waals surface area contributed by atoms with E-state index in [4.69, 9.17) is 0 Å². The molecule has 3 rings (SSSR count). The van der Waals surface area contributed by atoms with E-state index in [2.05, 4.69) is 49.8 Å². The largest absolute Gasteiger partial charge is 0.261 e. The van der Waals surface area contributed by atoms with Gasteiger partial charge in [0.15, 0.2) is 5.65 Å². The van der Waals surface area contributed by atoms with E-state index < -0.39 is 0 Å². The lowest BCUT2D eigenvalue weighted by atomic mass is 10.1. The SMILES string of the molecule is CCc1c(C)cc2nc(-c3cnccn3)nn2c1Br. The molecule has 0 aliphatic heterocycles. The highest BCUT2D eigenvalue weighted by Crippen LogP contribution is 2.24. The van der Waals surface area contributed by atoms with Crippen LogP contribution in [0.15, 0.2) is 29.3 Å². The maximum atomic E-state index is 4.50. The maximum absolute atomic E-state index is 4.50. The van der Waals surface area contributed by atoms with E-state index in [1.807, 2.05) is 6.07 Å². The third-order valence-electron chi connectivity index (χ3n) is 3.03. The van der Waals surface area contributed by atoms with Crippen molar-refractivity contribution in [2.45, 2.75) is 20.3 Å². The molecule has 0 unspecified atom stereocenters. The molecule has 5 nitrogen and oxygen atoms in total. The van der Waals surface area contributed by atoms with Crippen molar-refractivity contribution < 1.29 is 0 Å². The van der Waals surface area contributed by atoms with Crippen LogP contribution in [0.3, 0.4) is 0 Å². The van der Waals surface area contributed by atoms with E-state index in [0.29, 0.717) is 11.5 Å². The van der Waals surface area contributed by atoms with Gasteiger partial charge in [0, 0.05) is 12.4 Å². The Labute approximate surface area is 118 Å². The van der Waals surface area contributed by atoms with Gasteiger partial charge in [0.1, 0.15) is 10.3 Å². The topological polar surface area (TPSA) is 56.0 Å². The molecule has 0 amide bonds. The minimum atomic E-state index is 0.585. The molecule has 0 radical (unpaired) electrons. The average Bonchev–Trinajstić information content (AvgIpc) is 2.84. The van der Waals surface area contributed by atoms with E-state index in [0.717, 1.165) is 16.7 Å². The molecule has 0 saturated heterocycles. The van der Waals surface area contributed by atoms with Crippen LogP contribution in [0.5, 0.6) is 0 Å². The number of aryl methyl sites for hydroxylation is 1. The van der Waals surface area contributed by atoms with E-state index >= 15 is 0 Å². The highest BCUT2D eigenvalue weighted by molar-refractivity contribution is 9.10. The summed E-state index contributed by atoms with van der Waals surface area (Å²) in [5, 5.41) is 4.49. The van der Waals surface area contributed by atoms with Crippen molar-refractivity contribution in [1.29, 1.82) is 0 Å². The van der Waals surface area contributed by atoms with E-state index in [-0.39, 0.29) is 0 Å². The number of aromatic nitrogens is 5. The lowest BCUT2D eigenvalue weighted by Gasteiger charge is -2.06. The molecule has 0 saturated carbocycles. The zero-order valence-electron chi connectivity index (χ0n) is 10.6. The van der Waals surface area contributed by atoms with Crippen molar-refractivity contribution in [1.82, 2.24) is 24.6 Å². The summed E-state index contributed by atoms with van der Waals surface area (Å²) in [6.45, 7) is 4.21. The molecule has 96 valence electrons. The third-order valence-corrected chi connectivity index (χ3v) is 3.85. The Morgan fingerprint density at radius 1 is 1.32 bits per heavy atom. The molecule has 0 fully saturated rings. The Morgan fingerprint density at radius 2 is 2.16 bits per heavy atom. The highest BCUT2D eigenvalue weighted by Gasteiger charge is 2.13. The van der Waals surface area contributed by atoms with Gasteiger partial charge in [-0.3, -0.25) is 4.98 Å². The van der Waals surface area contributed by atoms with Crippen LogP contribution in [0.25, 0.3) is 17.2 Å². The quantitative estimate of drug-likeness (QED) is 0.682. The summed E-state index contributed by atoms with van der Waals surface area (Å²) in [5.74, 6) is 0.585. The van der Waals surface area contributed by atoms with Crippen LogP contribution >= 0.6 is 15.9 Å². The molecule has 6 heteroatoms. The number of pyridine rings is 1. The summed E-state index contributed by atoms with van der Waals surface area (Å²) in [4.78, 5) is 12.8. The van der Waals surface area contributed by atoms with Gasteiger partial charge >= 0.3 is 0 Å². The zero-order chi connectivity index (χ0) is 13.4. The number of fused-ring (bicyclic) bond motifs is 1. The summed E-state index contributed by atoms with van der Waals surface area (Å²) < 4.78 is 2.75. The normalized spacial score (nSPS) is 11.1. The molecule has 19 heavy (non-hydrogen) atoms. The average molecular weight is 318 g/mol. The Hall–Kier alpha value is -1.82. The molecule has 0 atom stereocenters. The first kappa shape index (κ1) is 12.2. The molecule has 0 bridgehead atoms. The van der Waals surface area contributed by atoms with Crippen LogP contribution in [-0.2, 0) is 6.42 Å². The van der Waals surface area contributed by atoms with Crippen molar-refractivity contribution in [3.8, 4) is 11.5 Å². The molecule has 0 spiro atoms. The number of hydrogen-bond donors (Lipinski definition) is 0. The summed E-state index contributed by atoms with van der Waals surface area (Å²) in [7, 11) is 0. The minimum absolute atomic E-state index is 0.585. The van der Waals surface area contributed by atoms with Crippen molar-refractivity contribution >= 4 is 21.6 Å². The van der Waals surface area contributed by atoms with Gasteiger partial charge in [0.25, 0.3) is 0 Å². The molecular formula is C13H12BrN5. The monoisotopic (exact) mass is 317 g/mol. The van der Waals surface area contributed by atoms with Crippen LogP contribution in [0.4, 0.5) is 0 Å². The van der Waals surface area contributed by atoms with Crippen molar-refractivity contribution in [2.75, 3.05) is 0 Å². The maximum Gasteiger partial charge on any atom is 0.202 e. The molecular weight excluding hydrogens is 306 g/mol. The number of nitrogens with zero attached hydrogens (tertiary/aromatic N) is 5. The van der Waals surface area contributed by atoms with Crippen molar-refractivity contribution in [2.24, 2.45) is 0 Å². The smallest absolute Gasteiger partial charge is 0.202 e. The van der Waals surface area contributed by atoms with Crippen molar-refractivity contribution in [3.63, 3.8) is 0 Å². The number of hydrogen-bond acceptors (Lipinski definition) is 4. The van der Waals surface area contributed by atoms with Crippen LogP contribution in [0.2, 0.25) is 0 Å². The Balaban J connectivity index is 2.24. The molecule has 3 aromatic rings. The first-order chi connectivity index (χ1) is 9.20. The first-order valence-corrected chi connectivity index (χ1v) is 6.81. The Morgan fingerprint density at radius 3 is 2.84 bits per heavy atom. The van der Waals surface area contributed by atoms with Gasteiger partial charge in [-0.2, -0.15) is 0 Å². The summed E-state index contributed by atoms with van der Waals surface area (Å²) in [6, 6.07) is 2.04. The first-order valence-electron chi connectivity index (χ1n) is 6.02. The summed E-state index contributed by atoms with van der Waals surface area (Å²) >= 11 is 3.60. The molecule has 0 aliphatic carbocycles. The van der Waals surface area contributed by atoms with Crippen LogP contribution in [0.1, 0.15) is 18.1 Å². The Bertz CT molecular complexity index is 736. The number of halogens is 1. The lowest BCUT2D eigenvalue weighted by molar-refractivity contribution is 0.900. The molecule has 3 heterocycles. The second kappa shape index (κ2) is 4.70. The summed E-state index contributed by atoms with van der Waals surface area (Å²) in [6.07, 6.45) is 5.88. The second-order valence-electron chi connectivity index (χ2n) is 4.25. The van der Waals surface area contributed by atoms with E-state index in [1.54, 1.807) is 23.1 Å². The van der Waals surface area contributed by atoms with Crippen LogP contribution in [0, 0.1) is 6.92 Å². The molecule has 3 aromatic heterocycles. The van der Waals surface area contributed by atoms with Gasteiger partial charge in [-0.05, 0) is 46.5 Å². The van der Waals surface area contributed by atoms with Crippen LogP contribution < -0.4 is 0 Å². The third kappa shape index (κ3) is 2.02. The van der Waals surface area contributed by atoms with Gasteiger partial charge in [-0.1, -0.05) is 6.92 Å². The van der Waals surface area contributed by atoms with Gasteiger partial charge in [-0.25, -0.2) is 14.5 Å². The minimum Gasteiger partial charge on any atom is -0.261 e. The fourth-order valence-corrected chi connectivity index (χ4v) is 2.94. The van der Waals surface area contributed by atoms with Crippen molar-refractivity contribution in [3.05, 3.63) is 40.4 Å². The molecule has 0 N–H and O–H groups in total. The van der Waals surface area contributed by atoms with Gasteiger partial charge in [-0.15, -0.1) is 5.10 Å². The predicted molar refractivity (Wildman–Crippen MR) is 75.8 cm³/mol. The highest BCUT2D eigenvalue weighted by atomic mass is 79.9.